The van der Waals surface area contributed by atoms with Gasteiger partial charge in [-0.1, -0.05) is 6.92 Å². The maximum atomic E-state index is 12.6. The largest absolute Gasteiger partial charge is 0.394 e. The fourth-order valence-corrected chi connectivity index (χ4v) is 3.49. The molecule has 0 aliphatic carbocycles. The van der Waals surface area contributed by atoms with Crippen molar-refractivity contribution in [2.75, 3.05) is 11.9 Å². The van der Waals surface area contributed by atoms with E-state index in [-0.39, 0.29) is 28.1 Å². The number of benzene rings is 2. The van der Waals surface area contributed by atoms with Gasteiger partial charge in [0.1, 0.15) is 0 Å². The van der Waals surface area contributed by atoms with Crippen LogP contribution in [-0.4, -0.2) is 37.1 Å². The van der Waals surface area contributed by atoms with Gasteiger partial charge in [-0.25, -0.2) is 13.2 Å². The van der Waals surface area contributed by atoms with Crippen molar-refractivity contribution in [1.29, 1.82) is 0 Å². The van der Waals surface area contributed by atoms with E-state index >= 15 is 0 Å². The summed E-state index contributed by atoms with van der Waals surface area (Å²) < 4.78 is 25.1. The van der Waals surface area contributed by atoms with Crippen LogP contribution in [0.2, 0.25) is 0 Å². The first kappa shape index (κ1) is 20.3. The number of hydrogen-bond donors (Lipinski definition) is 3. The van der Waals surface area contributed by atoms with Crippen LogP contribution in [0, 0.1) is 10.1 Å². The average Bonchev–Trinajstić information content (AvgIpc) is 2.66. The summed E-state index contributed by atoms with van der Waals surface area (Å²) >= 11 is 0. The molecule has 2 aromatic rings. The molecular weight excluding hydrogens is 374 g/mol. The Morgan fingerprint density at radius 3 is 2.07 bits per heavy atom. The van der Waals surface area contributed by atoms with Crippen LogP contribution in [0.15, 0.2) is 58.3 Å². The molecule has 144 valence electrons. The van der Waals surface area contributed by atoms with Crippen LogP contribution in [-0.2, 0) is 9.84 Å². The van der Waals surface area contributed by atoms with Crippen LogP contribution in [0.5, 0.6) is 0 Å². The summed E-state index contributed by atoms with van der Waals surface area (Å²) in [5.74, 6) is 0. The van der Waals surface area contributed by atoms with Crippen LogP contribution in [0.4, 0.5) is 16.2 Å². The molecule has 9 nitrogen and oxygen atoms in total. The van der Waals surface area contributed by atoms with E-state index in [1.165, 1.54) is 36.4 Å². The lowest BCUT2D eigenvalue weighted by atomic mass is 10.2. The van der Waals surface area contributed by atoms with Gasteiger partial charge in [0.2, 0.25) is 9.84 Å². The van der Waals surface area contributed by atoms with E-state index in [1.54, 1.807) is 0 Å². The predicted octanol–water partition coefficient (Wildman–Crippen LogP) is 2.32. The van der Waals surface area contributed by atoms with E-state index in [2.05, 4.69) is 10.6 Å². The molecule has 0 fully saturated rings. The topological polar surface area (TPSA) is 139 Å². The van der Waals surface area contributed by atoms with Crippen molar-refractivity contribution in [2.45, 2.75) is 29.2 Å². The molecule has 0 saturated heterocycles. The zero-order chi connectivity index (χ0) is 20.0. The maximum absolute atomic E-state index is 12.6. The van der Waals surface area contributed by atoms with Gasteiger partial charge in [-0.3, -0.25) is 10.1 Å². The Hall–Kier alpha value is -2.98. The van der Waals surface area contributed by atoms with Gasteiger partial charge >= 0.3 is 6.03 Å². The smallest absolute Gasteiger partial charge is 0.319 e. The van der Waals surface area contributed by atoms with Gasteiger partial charge in [0, 0.05) is 17.8 Å². The molecule has 0 heterocycles. The second-order valence-corrected chi connectivity index (χ2v) is 7.61. The highest BCUT2D eigenvalue weighted by Crippen LogP contribution is 2.24. The standard InChI is InChI=1S/C17H19N3O6S/c1-2-12(11-21)18-17(22)19-13-3-7-15(8-4-13)27(25,26)16-9-5-14(6-10-16)20(23)24/h3-10,12,21H,2,11H2,1H3,(H2,18,19,22). The number of sulfone groups is 1. The number of carbonyl (C=O) groups is 1. The SMILES string of the molecule is CCC(CO)NC(=O)Nc1ccc(S(=O)(=O)c2ccc([N+](=O)[O-])cc2)cc1. The first-order valence-electron chi connectivity index (χ1n) is 8.06. The molecular formula is C17H19N3O6S. The van der Waals surface area contributed by atoms with Crippen molar-refractivity contribution in [1.82, 2.24) is 5.32 Å². The third kappa shape index (κ3) is 5.02. The zero-order valence-electron chi connectivity index (χ0n) is 14.5. The normalized spacial score (nSPS) is 12.2. The molecule has 0 aliphatic heterocycles. The number of amides is 2. The van der Waals surface area contributed by atoms with Gasteiger partial charge < -0.3 is 15.7 Å². The lowest BCUT2D eigenvalue weighted by Gasteiger charge is -2.14. The maximum Gasteiger partial charge on any atom is 0.319 e. The molecule has 0 aliphatic rings. The van der Waals surface area contributed by atoms with Crippen LogP contribution in [0.25, 0.3) is 0 Å². The number of nitrogens with one attached hydrogen (secondary N) is 2. The number of carbonyl (C=O) groups excluding carboxylic acids is 1. The van der Waals surface area contributed by atoms with E-state index < -0.39 is 20.8 Å². The molecule has 0 saturated carbocycles. The Kier molecular flexibility index (Phi) is 6.48. The van der Waals surface area contributed by atoms with Crippen LogP contribution >= 0.6 is 0 Å². The van der Waals surface area contributed by atoms with Crippen LogP contribution < -0.4 is 10.6 Å². The molecule has 27 heavy (non-hydrogen) atoms. The molecule has 0 bridgehead atoms. The van der Waals surface area contributed by atoms with Crippen molar-refractivity contribution in [3.63, 3.8) is 0 Å². The summed E-state index contributed by atoms with van der Waals surface area (Å²) in [4.78, 5) is 21.8. The van der Waals surface area contributed by atoms with E-state index in [0.717, 1.165) is 12.1 Å². The van der Waals surface area contributed by atoms with Crippen molar-refractivity contribution >= 4 is 27.2 Å². The van der Waals surface area contributed by atoms with E-state index in [1.807, 2.05) is 6.92 Å². The second-order valence-electron chi connectivity index (χ2n) is 5.67. The number of urea groups is 1. The van der Waals surface area contributed by atoms with E-state index in [9.17, 15) is 23.3 Å². The number of nitro groups is 1. The van der Waals surface area contributed by atoms with Gasteiger partial charge in [0.05, 0.1) is 27.4 Å². The minimum Gasteiger partial charge on any atom is -0.394 e. The molecule has 1 atom stereocenters. The molecule has 1 unspecified atom stereocenters. The Morgan fingerprint density at radius 1 is 1.11 bits per heavy atom. The summed E-state index contributed by atoms with van der Waals surface area (Å²) in [6.07, 6.45) is 0.566. The summed E-state index contributed by atoms with van der Waals surface area (Å²) in [7, 11) is -3.84. The molecule has 10 heteroatoms. The minimum atomic E-state index is -3.84. The molecule has 0 aromatic heterocycles. The highest BCUT2D eigenvalue weighted by molar-refractivity contribution is 7.91. The Balaban J connectivity index is 2.13. The predicted molar refractivity (Wildman–Crippen MR) is 98.3 cm³/mol. The highest BCUT2D eigenvalue weighted by Gasteiger charge is 2.19. The molecule has 3 N–H and O–H groups in total. The number of hydrogen-bond acceptors (Lipinski definition) is 6. The highest BCUT2D eigenvalue weighted by atomic mass is 32.2. The second kappa shape index (κ2) is 8.60. The first-order chi connectivity index (χ1) is 12.8. The van der Waals surface area contributed by atoms with Crippen molar-refractivity contribution in [3.8, 4) is 0 Å². The van der Waals surface area contributed by atoms with Gasteiger partial charge in [-0.15, -0.1) is 0 Å². The lowest BCUT2D eigenvalue weighted by molar-refractivity contribution is -0.384. The van der Waals surface area contributed by atoms with Crippen molar-refractivity contribution in [3.05, 3.63) is 58.6 Å². The summed E-state index contributed by atoms with van der Waals surface area (Å²) in [5.41, 5.74) is 0.177. The summed E-state index contributed by atoms with van der Waals surface area (Å²) in [6.45, 7) is 1.63. The van der Waals surface area contributed by atoms with Gasteiger partial charge in [-0.2, -0.15) is 0 Å². The van der Waals surface area contributed by atoms with Crippen molar-refractivity contribution in [2.24, 2.45) is 0 Å². The molecule has 2 rings (SSSR count). The zero-order valence-corrected chi connectivity index (χ0v) is 15.3. The summed E-state index contributed by atoms with van der Waals surface area (Å²) in [5, 5.41) is 24.9. The van der Waals surface area contributed by atoms with Gasteiger partial charge in [0.15, 0.2) is 0 Å². The number of anilines is 1. The number of nitrogens with zero attached hydrogens (tertiary/aromatic N) is 1. The monoisotopic (exact) mass is 393 g/mol. The van der Waals surface area contributed by atoms with E-state index in [0.29, 0.717) is 12.1 Å². The van der Waals surface area contributed by atoms with Gasteiger partial charge in [-0.05, 0) is 42.8 Å². The quantitative estimate of drug-likeness (QED) is 0.487. The third-order valence-electron chi connectivity index (χ3n) is 3.83. The third-order valence-corrected chi connectivity index (χ3v) is 5.61. The van der Waals surface area contributed by atoms with Crippen LogP contribution in [0.1, 0.15) is 13.3 Å². The Labute approximate surface area is 156 Å². The minimum absolute atomic E-state index is 0.0101. The fraction of sp³-hybridized carbons (Fsp3) is 0.235. The number of nitro benzene ring substituents is 1. The Bertz CT molecular complexity index is 907. The summed E-state index contributed by atoms with van der Waals surface area (Å²) in [6, 6.07) is 9.23. The molecule has 2 aromatic carbocycles. The van der Waals surface area contributed by atoms with E-state index in [4.69, 9.17) is 5.11 Å². The lowest BCUT2D eigenvalue weighted by Crippen LogP contribution is -2.39. The first-order valence-corrected chi connectivity index (χ1v) is 9.54. The Morgan fingerprint density at radius 2 is 1.63 bits per heavy atom. The number of aliphatic hydroxyl groups is 1. The molecule has 2 amide bonds. The number of non-ortho nitro benzene ring substituents is 1. The van der Waals surface area contributed by atoms with Gasteiger partial charge in [0.25, 0.3) is 5.69 Å². The van der Waals surface area contributed by atoms with Crippen molar-refractivity contribution < 1.29 is 23.2 Å². The fourth-order valence-electron chi connectivity index (χ4n) is 2.23. The average molecular weight is 393 g/mol. The number of rotatable bonds is 7. The molecule has 0 radical (unpaired) electrons. The van der Waals surface area contributed by atoms with Crippen LogP contribution in [0.3, 0.4) is 0 Å². The number of aliphatic hydroxyl groups excluding tert-OH is 1. The molecule has 0 spiro atoms.